The molecule has 2 nitrogen and oxygen atoms in total. The van der Waals surface area contributed by atoms with E-state index in [-0.39, 0.29) is 6.04 Å². The van der Waals surface area contributed by atoms with E-state index in [0.717, 1.165) is 11.3 Å². The van der Waals surface area contributed by atoms with E-state index in [1.165, 1.54) is 6.26 Å². The number of benzene rings is 1. The Morgan fingerprint density at radius 1 is 1.42 bits per heavy atom. The molecule has 0 bridgehead atoms. The Bertz CT molecular complexity index is 251. The van der Waals surface area contributed by atoms with E-state index >= 15 is 0 Å². The maximum atomic E-state index is 5.68. The van der Waals surface area contributed by atoms with Crippen molar-refractivity contribution in [1.82, 2.24) is 0 Å². The molecule has 0 aliphatic carbocycles. The zero-order valence-electron chi connectivity index (χ0n) is 7.16. The van der Waals surface area contributed by atoms with E-state index in [1.54, 1.807) is 0 Å². The number of rotatable bonds is 3. The highest BCUT2D eigenvalue weighted by Crippen LogP contribution is 2.15. The Kier molecular flexibility index (Phi) is 2.88. The van der Waals surface area contributed by atoms with E-state index in [1.807, 2.05) is 31.2 Å². The molecule has 0 spiro atoms. The van der Waals surface area contributed by atoms with E-state index in [2.05, 4.69) is 6.58 Å². The Morgan fingerprint density at radius 3 is 2.42 bits per heavy atom. The highest BCUT2D eigenvalue weighted by molar-refractivity contribution is 5.29. The second kappa shape index (κ2) is 3.93. The first-order valence-corrected chi connectivity index (χ1v) is 3.87. The average molecular weight is 163 g/mol. The third-order valence-electron chi connectivity index (χ3n) is 1.63. The van der Waals surface area contributed by atoms with Crippen LogP contribution in [0, 0.1) is 0 Å². The fourth-order valence-corrected chi connectivity index (χ4v) is 0.946. The van der Waals surface area contributed by atoms with Crippen LogP contribution in [-0.2, 0) is 0 Å². The highest BCUT2D eigenvalue weighted by atomic mass is 16.5. The molecule has 1 aromatic rings. The van der Waals surface area contributed by atoms with Crippen molar-refractivity contribution in [3.63, 3.8) is 0 Å². The molecule has 0 radical (unpaired) electrons. The Balaban J connectivity index is 2.78. The van der Waals surface area contributed by atoms with Crippen molar-refractivity contribution in [2.75, 3.05) is 0 Å². The molecule has 2 heteroatoms. The summed E-state index contributed by atoms with van der Waals surface area (Å²) >= 11 is 0. The van der Waals surface area contributed by atoms with Crippen LogP contribution in [0.3, 0.4) is 0 Å². The lowest BCUT2D eigenvalue weighted by atomic mass is 10.1. The van der Waals surface area contributed by atoms with E-state index < -0.39 is 0 Å². The molecule has 12 heavy (non-hydrogen) atoms. The van der Waals surface area contributed by atoms with Gasteiger partial charge in [-0.05, 0) is 24.6 Å². The lowest BCUT2D eigenvalue weighted by Gasteiger charge is -2.05. The second-order valence-corrected chi connectivity index (χ2v) is 2.64. The molecule has 0 saturated heterocycles. The summed E-state index contributed by atoms with van der Waals surface area (Å²) in [4.78, 5) is 0. The van der Waals surface area contributed by atoms with Crippen molar-refractivity contribution in [2.24, 2.45) is 5.73 Å². The van der Waals surface area contributed by atoms with Crippen molar-refractivity contribution in [1.29, 1.82) is 0 Å². The fraction of sp³-hybridized carbons (Fsp3) is 0.200. The quantitative estimate of drug-likeness (QED) is 0.693. The van der Waals surface area contributed by atoms with Crippen LogP contribution in [0.4, 0.5) is 0 Å². The molecule has 1 rings (SSSR count). The Labute approximate surface area is 72.7 Å². The molecule has 0 heterocycles. The molecular weight excluding hydrogens is 150 g/mol. The predicted molar refractivity (Wildman–Crippen MR) is 49.9 cm³/mol. The fourth-order valence-electron chi connectivity index (χ4n) is 0.946. The normalized spacial score (nSPS) is 12.2. The van der Waals surface area contributed by atoms with Gasteiger partial charge in [-0.1, -0.05) is 18.7 Å². The first-order valence-electron chi connectivity index (χ1n) is 3.87. The monoisotopic (exact) mass is 163 g/mol. The van der Waals surface area contributed by atoms with Gasteiger partial charge in [-0.15, -0.1) is 0 Å². The van der Waals surface area contributed by atoms with Gasteiger partial charge in [0.15, 0.2) is 0 Å². The zero-order valence-corrected chi connectivity index (χ0v) is 7.16. The molecule has 0 fully saturated rings. The number of hydrogen-bond donors (Lipinski definition) is 1. The molecule has 1 unspecified atom stereocenters. The van der Waals surface area contributed by atoms with Gasteiger partial charge in [0, 0.05) is 6.04 Å². The molecule has 64 valence electrons. The highest BCUT2D eigenvalue weighted by Gasteiger charge is 1.97. The first-order chi connectivity index (χ1) is 5.74. The Hall–Kier alpha value is -1.28. The van der Waals surface area contributed by atoms with Crippen LogP contribution in [0.2, 0.25) is 0 Å². The summed E-state index contributed by atoms with van der Waals surface area (Å²) < 4.78 is 5.06. The summed E-state index contributed by atoms with van der Waals surface area (Å²) in [6, 6.07) is 7.72. The van der Waals surface area contributed by atoms with Crippen molar-refractivity contribution < 1.29 is 4.74 Å². The van der Waals surface area contributed by atoms with E-state index in [9.17, 15) is 0 Å². The van der Waals surface area contributed by atoms with Crippen LogP contribution in [0.5, 0.6) is 5.75 Å². The standard InChI is InChI=1S/C10H13NO/c1-3-12-10-6-4-9(5-7-10)8(2)11/h3-8H,1,11H2,2H3. The number of ether oxygens (including phenoxy) is 1. The van der Waals surface area contributed by atoms with Gasteiger partial charge in [-0.25, -0.2) is 0 Å². The van der Waals surface area contributed by atoms with Gasteiger partial charge in [0.25, 0.3) is 0 Å². The van der Waals surface area contributed by atoms with Crippen LogP contribution >= 0.6 is 0 Å². The molecule has 0 aliphatic rings. The molecule has 0 saturated carbocycles. The van der Waals surface area contributed by atoms with Gasteiger partial charge in [-0.3, -0.25) is 0 Å². The molecule has 0 aromatic heterocycles. The first kappa shape index (κ1) is 8.81. The minimum atomic E-state index is 0.0720. The third-order valence-corrected chi connectivity index (χ3v) is 1.63. The van der Waals surface area contributed by atoms with E-state index in [4.69, 9.17) is 10.5 Å². The van der Waals surface area contributed by atoms with Gasteiger partial charge in [-0.2, -0.15) is 0 Å². The topological polar surface area (TPSA) is 35.2 Å². The minimum absolute atomic E-state index is 0.0720. The van der Waals surface area contributed by atoms with Crippen LogP contribution < -0.4 is 10.5 Å². The minimum Gasteiger partial charge on any atom is -0.466 e. The van der Waals surface area contributed by atoms with Crippen molar-refractivity contribution in [2.45, 2.75) is 13.0 Å². The maximum absolute atomic E-state index is 5.68. The summed E-state index contributed by atoms with van der Waals surface area (Å²) in [5.41, 5.74) is 6.78. The molecular formula is C10H13NO. The number of nitrogens with two attached hydrogens (primary N) is 1. The lowest BCUT2D eigenvalue weighted by molar-refractivity contribution is 0.483. The third kappa shape index (κ3) is 2.10. The molecule has 0 amide bonds. The second-order valence-electron chi connectivity index (χ2n) is 2.64. The summed E-state index contributed by atoms with van der Waals surface area (Å²) in [7, 11) is 0. The van der Waals surface area contributed by atoms with Gasteiger partial charge in [0.2, 0.25) is 0 Å². The summed E-state index contributed by atoms with van der Waals surface area (Å²) in [5, 5.41) is 0. The molecule has 1 atom stereocenters. The zero-order chi connectivity index (χ0) is 8.97. The lowest BCUT2D eigenvalue weighted by Crippen LogP contribution is -2.04. The summed E-state index contributed by atoms with van der Waals surface area (Å²) in [5.74, 6) is 0.786. The van der Waals surface area contributed by atoms with Crippen LogP contribution in [-0.4, -0.2) is 0 Å². The van der Waals surface area contributed by atoms with Crippen molar-refractivity contribution in [3.8, 4) is 5.75 Å². The van der Waals surface area contributed by atoms with Crippen molar-refractivity contribution >= 4 is 0 Å². The van der Waals surface area contributed by atoms with Crippen molar-refractivity contribution in [3.05, 3.63) is 42.7 Å². The van der Waals surface area contributed by atoms with Crippen LogP contribution in [0.15, 0.2) is 37.1 Å². The smallest absolute Gasteiger partial charge is 0.126 e. The van der Waals surface area contributed by atoms with Gasteiger partial charge < -0.3 is 10.5 Å². The predicted octanol–water partition coefficient (Wildman–Crippen LogP) is 2.23. The van der Waals surface area contributed by atoms with Crippen LogP contribution in [0.1, 0.15) is 18.5 Å². The van der Waals surface area contributed by atoms with Gasteiger partial charge >= 0.3 is 0 Å². The largest absolute Gasteiger partial charge is 0.466 e. The van der Waals surface area contributed by atoms with E-state index in [0.29, 0.717) is 0 Å². The molecule has 1 aromatic carbocycles. The Morgan fingerprint density at radius 2 is 2.00 bits per heavy atom. The summed E-state index contributed by atoms with van der Waals surface area (Å²) in [6.07, 6.45) is 1.40. The number of hydrogen-bond acceptors (Lipinski definition) is 2. The molecule has 0 aliphatic heterocycles. The van der Waals surface area contributed by atoms with Gasteiger partial charge in [0.1, 0.15) is 5.75 Å². The average Bonchev–Trinajstić information content (AvgIpc) is 2.06. The summed E-state index contributed by atoms with van der Waals surface area (Å²) in [6.45, 7) is 5.41. The van der Waals surface area contributed by atoms with Gasteiger partial charge in [0.05, 0.1) is 6.26 Å². The van der Waals surface area contributed by atoms with Crippen LogP contribution in [0.25, 0.3) is 0 Å². The maximum Gasteiger partial charge on any atom is 0.126 e. The SMILES string of the molecule is C=COc1ccc(C(C)N)cc1. The molecule has 2 N–H and O–H groups in total.